The first-order valence-electron chi connectivity index (χ1n) is 19.7. The van der Waals surface area contributed by atoms with E-state index in [1.807, 2.05) is 11.3 Å². The lowest BCUT2D eigenvalue weighted by Gasteiger charge is -2.43. The highest BCUT2D eigenvalue weighted by Gasteiger charge is 2.53. The standard InChI is InChI=1S/C55H34S/c1-2-12-33(13-3-1)34-24-26-35(27-25-34)45-30-37-14-11-20-42-46(31-38-15-10-19-41(45)51(38)52(37)42)36-28-29-40-39-16-4-7-21-47(39)55(49(40)32-36)48-22-8-5-17-43(48)54-53(55)44-18-6-9-23-50(44)56-54/h1-32,51-52H. The zero-order valence-corrected chi connectivity index (χ0v) is 31.4. The average molecular weight is 727 g/mol. The molecular weight excluding hydrogens is 693 g/mol. The Morgan fingerprint density at radius 1 is 0.482 bits per heavy atom. The van der Waals surface area contributed by atoms with Crippen LogP contribution in [0.25, 0.3) is 53.9 Å². The van der Waals surface area contributed by atoms with Crippen molar-refractivity contribution in [2.45, 2.75) is 5.41 Å². The van der Waals surface area contributed by atoms with Crippen molar-refractivity contribution < 1.29 is 0 Å². The first kappa shape index (κ1) is 30.7. The molecule has 0 fully saturated rings. The molecular formula is C55H34S. The smallest absolute Gasteiger partial charge is 0.0740 e. The fraction of sp³-hybridized carbons (Fsp3) is 0.0545. The van der Waals surface area contributed by atoms with E-state index in [1.165, 1.54) is 110 Å². The lowest BCUT2D eigenvalue weighted by Crippen LogP contribution is -2.31. The highest BCUT2D eigenvalue weighted by Crippen LogP contribution is 2.66. The van der Waals surface area contributed by atoms with E-state index in [9.17, 15) is 0 Å². The molecule has 6 aliphatic rings. The van der Waals surface area contributed by atoms with Crippen LogP contribution < -0.4 is 0 Å². The Bertz CT molecular complexity index is 3110. The summed E-state index contributed by atoms with van der Waals surface area (Å²) in [7, 11) is 0. The highest BCUT2D eigenvalue weighted by molar-refractivity contribution is 7.22. The lowest BCUT2D eigenvalue weighted by molar-refractivity contribution is 0.571. The van der Waals surface area contributed by atoms with Gasteiger partial charge in [0, 0.05) is 21.4 Å². The van der Waals surface area contributed by atoms with E-state index in [1.54, 1.807) is 0 Å². The minimum Gasteiger partial charge on any atom is -0.135 e. The average Bonchev–Trinajstić information content (AvgIpc) is 3.89. The normalized spacial score (nSPS) is 21.5. The van der Waals surface area contributed by atoms with Crippen LogP contribution in [-0.2, 0) is 5.41 Å². The van der Waals surface area contributed by atoms with Crippen molar-refractivity contribution in [1.82, 2.24) is 0 Å². The van der Waals surface area contributed by atoms with Crippen LogP contribution in [0.1, 0.15) is 33.4 Å². The van der Waals surface area contributed by atoms with Crippen LogP contribution in [0.15, 0.2) is 216 Å². The summed E-state index contributed by atoms with van der Waals surface area (Å²) in [6.45, 7) is 0. The summed E-state index contributed by atoms with van der Waals surface area (Å²) in [6.07, 6.45) is 19.0. The number of fused-ring (bicyclic) bond motifs is 12. The third-order valence-electron chi connectivity index (χ3n) is 13.3. The fourth-order valence-electron chi connectivity index (χ4n) is 11.1. The SMILES string of the molecule is C1=CC2=CC(c3ccc(-c4ccccc4)cc3)=C3C=CC=C4C=C(c5ccc6c(c5)C5(c7ccccc7-6)c6ccccc6-c6sc7ccccc7c65)C(=C1)C2C43. The van der Waals surface area contributed by atoms with Crippen molar-refractivity contribution in [3.63, 3.8) is 0 Å². The summed E-state index contributed by atoms with van der Waals surface area (Å²) in [5.74, 6) is 0.563. The Kier molecular flexibility index (Phi) is 6.18. The summed E-state index contributed by atoms with van der Waals surface area (Å²) in [4.78, 5) is 1.41. The van der Waals surface area contributed by atoms with Gasteiger partial charge in [-0.05, 0) is 112 Å². The van der Waals surface area contributed by atoms with E-state index >= 15 is 0 Å². The van der Waals surface area contributed by atoms with Crippen molar-refractivity contribution in [3.8, 4) is 32.7 Å². The number of thiophene rings is 1. The molecule has 3 atom stereocenters. The summed E-state index contributed by atoms with van der Waals surface area (Å²) in [5.41, 5.74) is 22.7. The summed E-state index contributed by atoms with van der Waals surface area (Å²) in [6, 6.07) is 54.7. The third-order valence-corrected chi connectivity index (χ3v) is 14.5. The quantitative estimate of drug-likeness (QED) is 0.170. The Morgan fingerprint density at radius 2 is 1.16 bits per heavy atom. The maximum Gasteiger partial charge on any atom is 0.0740 e. The first-order chi connectivity index (χ1) is 27.8. The van der Waals surface area contributed by atoms with Gasteiger partial charge in [-0.2, -0.15) is 0 Å². The number of allylic oxidation sites excluding steroid dienone is 14. The topological polar surface area (TPSA) is 0 Å². The van der Waals surface area contributed by atoms with Gasteiger partial charge in [-0.1, -0.05) is 182 Å². The van der Waals surface area contributed by atoms with E-state index < -0.39 is 0 Å². The van der Waals surface area contributed by atoms with Gasteiger partial charge in [0.25, 0.3) is 0 Å². The zero-order valence-electron chi connectivity index (χ0n) is 30.5. The van der Waals surface area contributed by atoms with E-state index in [0.717, 1.165) is 0 Å². The van der Waals surface area contributed by atoms with Gasteiger partial charge in [-0.3, -0.25) is 0 Å². The van der Waals surface area contributed by atoms with Crippen LogP contribution >= 0.6 is 11.3 Å². The van der Waals surface area contributed by atoms with Gasteiger partial charge < -0.3 is 0 Å². The molecule has 0 saturated carbocycles. The van der Waals surface area contributed by atoms with Crippen LogP contribution in [0, 0.1) is 11.8 Å². The van der Waals surface area contributed by atoms with Gasteiger partial charge in [-0.15, -0.1) is 11.3 Å². The molecule has 6 aliphatic carbocycles. The Labute approximate surface area is 330 Å². The number of rotatable bonds is 3. The van der Waals surface area contributed by atoms with E-state index in [0.29, 0.717) is 0 Å². The molecule has 1 heteroatoms. The molecule has 56 heavy (non-hydrogen) atoms. The van der Waals surface area contributed by atoms with Crippen LogP contribution in [0.2, 0.25) is 0 Å². The van der Waals surface area contributed by atoms with Gasteiger partial charge in [0.15, 0.2) is 0 Å². The van der Waals surface area contributed by atoms with Crippen molar-refractivity contribution in [3.05, 3.63) is 250 Å². The largest absolute Gasteiger partial charge is 0.135 e. The predicted molar refractivity (Wildman–Crippen MR) is 234 cm³/mol. The van der Waals surface area contributed by atoms with Gasteiger partial charge in [-0.25, -0.2) is 0 Å². The van der Waals surface area contributed by atoms with Crippen LogP contribution in [0.3, 0.4) is 0 Å². The van der Waals surface area contributed by atoms with Gasteiger partial charge >= 0.3 is 0 Å². The monoisotopic (exact) mass is 726 g/mol. The number of hydrogen-bond donors (Lipinski definition) is 0. The summed E-state index contributed by atoms with van der Waals surface area (Å²) in [5, 5.41) is 1.37. The molecule has 7 aromatic rings. The molecule has 1 aromatic heterocycles. The maximum absolute atomic E-state index is 2.57. The van der Waals surface area contributed by atoms with Crippen LogP contribution in [-0.4, -0.2) is 0 Å². The minimum atomic E-state index is -0.379. The molecule has 1 spiro atoms. The van der Waals surface area contributed by atoms with E-state index in [4.69, 9.17) is 0 Å². The molecule has 0 aliphatic heterocycles. The molecule has 0 N–H and O–H groups in total. The van der Waals surface area contributed by atoms with Crippen molar-refractivity contribution in [2.75, 3.05) is 0 Å². The predicted octanol–water partition coefficient (Wildman–Crippen LogP) is 13.9. The maximum atomic E-state index is 2.57. The zero-order chi connectivity index (χ0) is 36.5. The summed E-state index contributed by atoms with van der Waals surface area (Å²) < 4.78 is 1.36. The number of benzene rings is 6. The van der Waals surface area contributed by atoms with Crippen molar-refractivity contribution in [1.29, 1.82) is 0 Å². The Hall–Kier alpha value is -6.54. The van der Waals surface area contributed by atoms with Crippen molar-refractivity contribution in [2.24, 2.45) is 11.8 Å². The molecule has 1 heterocycles. The first-order valence-corrected chi connectivity index (χ1v) is 20.6. The van der Waals surface area contributed by atoms with Gasteiger partial charge in [0.2, 0.25) is 0 Å². The molecule has 0 amide bonds. The second kappa shape index (κ2) is 11.3. The summed E-state index contributed by atoms with van der Waals surface area (Å²) >= 11 is 1.95. The molecule has 0 bridgehead atoms. The molecule has 13 rings (SSSR count). The van der Waals surface area contributed by atoms with Gasteiger partial charge in [0.1, 0.15) is 0 Å². The van der Waals surface area contributed by atoms with Gasteiger partial charge in [0.05, 0.1) is 5.41 Å². The molecule has 0 radical (unpaired) electrons. The molecule has 3 unspecified atom stereocenters. The van der Waals surface area contributed by atoms with Crippen LogP contribution in [0.4, 0.5) is 0 Å². The number of hydrogen-bond acceptors (Lipinski definition) is 1. The minimum absolute atomic E-state index is 0.276. The molecule has 0 saturated heterocycles. The highest BCUT2D eigenvalue weighted by atomic mass is 32.1. The van der Waals surface area contributed by atoms with Crippen molar-refractivity contribution >= 4 is 32.6 Å². The van der Waals surface area contributed by atoms with E-state index in [-0.39, 0.29) is 17.3 Å². The molecule has 6 aromatic carbocycles. The van der Waals surface area contributed by atoms with E-state index in [2.05, 4.69) is 194 Å². The molecule has 0 nitrogen and oxygen atoms in total. The van der Waals surface area contributed by atoms with Crippen LogP contribution in [0.5, 0.6) is 0 Å². The molecule has 260 valence electrons. The lowest BCUT2D eigenvalue weighted by atomic mass is 9.60. The Balaban J connectivity index is 0.990. The second-order valence-electron chi connectivity index (χ2n) is 15.9. The second-order valence-corrected chi connectivity index (χ2v) is 16.9. The fourth-order valence-corrected chi connectivity index (χ4v) is 12.4. The third kappa shape index (κ3) is 3.93. The Morgan fingerprint density at radius 3 is 2.04 bits per heavy atom.